The second-order valence-corrected chi connectivity index (χ2v) is 3.20. The molecule has 0 fully saturated rings. The molecule has 0 atom stereocenters. The molecule has 1 aromatic heterocycles. The van der Waals surface area contributed by atoms with Crippen molar-refractivity contribution in [3.05, 3.63) is 22.4 Å². The van der Waals surface area contributed by atoms with E-state index in [1.165, 1.54) is 11.3 Å². The van der Waals surface area contributed by atoms with Gasteiger partial charge in [0.15, 0.2) is 0 Å². The van der Waals surface area contributed by atoms with Crippen LogP contribution in [0.1, 0.15) is 9.67 Å². The molecule has 13 heavy (non-hydrogen) atoms. The third-order valence-corrected chi connectivity index (χ3v) is 2.15. The van der Waals surface area contributed by atoms with E-state index >= 15 is 0 Å². The maximum atomic E-state index is 11.2. The Labute approximate surface area is 80.4 Å². The molecule has 0 spiro atoms. The zero-order chi connectivity index (χ0) is 9.52. The lowest BCUT2D eigenvalue weighted by molar-refractivity contribution is 0.0209. The van der Waals surface area contributed by atoms with Crippen LogP contribution in [0, 0.1) is 0 Å². The number of carbonyl (C=O) groups is 1. The molecular weight excluding hydrogens is 190 g/mol. The van der Waals surface area contributed by atoms with E-state index < -0.39 is 0 Å². The summed E-state index contributed by atoms with van der Waals surface area (Å²) in [7, 11) is 1.59. The number of rotatable bonds is 5. The summed E-state index contributed by atoms with van der Waals surface area (Å²) in [5, 5.41) is 1.83. The highest BCUT2D eigenvalue weighted by atomic mass is 32.1. The highest BCUT2D eigenvalue weighted by molar-refractivity contribution is 7.11. The van der Waals surface area contributed by atoms with Gasteiger partial charge in [-0.05, 0) is 11.4 Å². The molecule has 0 amide bonds. The number of methoxy groups -OCH3 is 1. The molecule has 72 valence electrons. The van der Waals surface area contributed by atoms with E-state index in [2.05, 4.69) is 5.48 Å². The van der Waals surface area contributed by atoms with Gasteiger partial charge in [-0.25, -0.2) is 4.79 Å². The second kappa shape index (κ2) is 5.69. The molecule has 0 radical (unpaired) electrons. The Kier molecular flexibility index (Phi) is 4.45. The molecule has 0 aromatic carbocycles. The molecular formula is C8H11NO3S. The van der Waals surface area contributed by atoms with E-state index in [9.17, 15) is 4.79 Å². The Morgan fingerprint density at radius 2 is 2.54 bits per heavy atom. The quantitative estimate of drug-likeness (QED) is 0.571. The van der Waals surface area contributed by atoms with Crippen LogP contribution in [0.2, 0.25) is 0 Å². The van der Waals surface area contributed by atoms with Gasteiger partial charge in [0.1, 0.15) is 4.88 Å². The van der Waals surface area contributed by atoms with Gasteiger partial charge in [-0.3, -0.25) is 0 Å². The van der Waals surface area contributed by atoms with Gasteiger partial charge < -0.3 is 9.57 Å². The van der Waals surface area contributed by atoms with Crippen molar-refractivity contribution in [3.8, 4) is 0 Å². The summed E-state index contributed by atoms with van der Waals surface area (Å²) in [4.78, 5) is 16.5. The number of hydroxylamine groups is 1. The molecule has 4 nitrogen and oxygen atoms in total. The third kappa shape index (κ3) is 3.54. The highest BCUT2D eigenvalue weighted by Crippen LogP contribution is 2.08. The van der Waals surface area contributed by atoms with Gasteiger partial charge in [0, 0.05) is 7.11 Å². The average molecular weight is 201 g/mol. The number of hydrogen-bond donors (Lipinski definition) is 1. The van der Waals surface area contributed by atoms with Crippen molar-refractivity contribution >= 4 is 17.3 Å². The predicted octanol–water partition coefficient (Wildman–Crippen LogP) is 1.06. The number of carbonyl (C=O) groups excluding carboxylic acids is 1. The van der Waals surface area contributed by atoms with E-state index in [0.717, 1.165) is 0 Å². The molecule has 0 saturated carbocycles. The Hall–Kier alpha value is -0.910. The van der Waals surface area contributed by atoms with Crippen LogP contribution >= 0.6 is 11.3 Å². The van der Waals surface area contributed by atoms with Crippen molar-refractivity contribution in [2.75, 3.05) is 20.3 Å². The van der Waals surface area contributed by atoms with Gasteiger partial charge in [0.05, 0.1) is 13.2 Å². The average Bonchev–Trinajstić information content (AvgIpc) is 2.65. The number of nitrogens with one attached hydrogen (secondary N) is 1. The second-order valence-electron chi connectivity index (χ2n) is 2.25. The minimum Gasteiger partial charge on any atom is -0.383 e. The first-order chi connectivity index (χ1) is 6.34. The molecule has 0 aliphatic rings. The number of ether oxygens (including phenoxy) is 1. The predicted molar refractivity (Wildman–Crippen MR) is 49.6 cm³/mol. The van der Waals surface area contributed by atoms with E-state index in [1.54, 1.807) is 19.2 Å². The van der Waals surface area contributed by atoms with Crippen molar-refractivity contribution < 1.29 is 14.4 Å². The van der Waals surface area contributed by atoms with E-state index in [-0.39, 0.29) is 5.97 Å². The Morgan fingerprint density at radius 1 is 1.69 bits per heavy atom. The summed E-state index contributed by atoms with van der Waals surface area (Å²) in [6, 6.07) is 3.52. The highest BCUT2D eigenvalue weighted by Gasteiger charge is 2.06. The number of thiophene rings is 1. The van der Waals surface area contributed by atoms with Crippen molar-refractivity contribution in [1.82, 2.24) is 5.48 Å². The standard InChI is InChI=1S/C8H11NO3S/c1-11-5-4-9-12-8(10)7-3-2-6-13-7/h2-3,6,9H,4-5H2,1H3. The Bertz CT molecular complexity index is 248. The van der Waals surface area contributed by atoms with Crippen LogP contribution < -0.4 is 5.48 Å². The zero-order valence-electron chi connectivity index (χ0n) is 7.28. The van der Waals surface area contributed by atoms with Crippen LogP contribution in [0.4, 0.5) is 0 Å². The molecule has 1 rings (SSSR count). The van der Waals surface area contributed by atoms with Crippen LogP contribution in [0.25, 0.3) is 0 Å². The van der Waals surface area contributed by atoms with Gasteiger partial charge in [-0.1, -0.05) is 6.07 Å². The third-order valence-electron chi connectivity index (χ3n) is 1.30. The van der Waals surface area contributed by atoms with Crippen LogP contribution in [-0.2, 0) is 9.57 Å². The number of hydrogen-bond acceptors (Lipinski definition) is 5. The van der Waals surface area contributed by atoms with Crippen molar-refractivity contribution in [1.29, 1.82) is 0 Å². The summed E-state index contributed by atoms with van der Waals surface area (Å²) < 4.78 is 4.76. The molecule has 0 unspecified atom stereocenters. The molecule has 0 aliphatic heterocycles. The minimum atomic E-state index is -0.355. The largest absolute Gasteiger partial charge is 0.383 e. The smallest absolute Gasteiger partial charge is 0.366 e. The first-order valence-electron chi connectivity index (χ1n) is 3.81. The van der Waals surface area contributed by atoms with Crippen LogP contribution in [0.3, 0.4) is 0 Å². The fraction of sp³-hybridized carbons (Fsp3) is 0.375. The maximum absolute atomic E-state index is 11.2. The van der Waals surface area contributed by atoms with Gasteiger partial charge in [-0.15, -0.1) is 11.3 Å². The summed E-state index contributed by atoms with van der Waals surface area (Å²) >= 11 is 1.35. The van der Waals surface area contributed by atoms with Gasteiger partial charge in [0.25, 0.3) is 0 Å². The molecule has 1 heterocycles. The van der Waals surface area contributed by atoms with Crippen LogP contribution in [-0.4, -0.2) is 26.2 Å². The Morgan fingerprint density at radius 3 is 3.15 bits per heavy atom. The van der Waals surface area contributed by atoms with Crippen molar-refractivity contribution in [2.45, 2.75) is 0 Å². The van der Waals surface area contributed by atoms with Gasteiger partial charge >= 0.3 is 5.97 Å². The van der Waals surface area contributed by atoms with Crippen LogP contribution in [0.5, 0.6) is 0 Å². The molecule has 0 saturated heterocycles. The molecule has 5 heteroatoms. The fourth-order valence-electron chi connectivity index (χ4n) is 0.705. The lowest BCUT2D eigenvalue weighted by Gasteiger charge is -2.02. The topological polar surface area (TPSA) is 47.6 Å². The normalized spacial score (nSPS) is 9.92. The molecule has 1 aromatic rings. The first kappa shape index (κ1) is 10.2. The summed E-state index contributed by atoms with van der Waals surface area (Å²) in [6.07, 6.45) is 0. The lowest BCUT2D eigenvalue weighted by atomic mass is 10.5. The minimum absolute atomic E-state index is 0.355. The summed E-state index contributed by atoms with van der Waals surface area (Å²) in [5.41, 5.74) is 2.51. The van der Waals surface area contributed by atoms with E-state index in [4.69, 9.17) is 9.57 Å². The van der Waals surface area contributed by atoms with Crippen molar-refractivity contribution in [3.63, 3.8) is 0 Å². The Balaban J connectivity index is 2.19. The van der Waals surface area contributed by atoms with E-state index in [1.807, 2.05) is 5.38 Å². The van der Waals surface area contributed by atoms with Gasteiger partial charge in [0.2, 0.25) is 0 Å². The maximum Gasteiger partial charge on any atom is 0.366 e. The summed E-state index contributed by atoms with van der Waals surface area (Å²) in [6.45, 7) is 1.01. The van der Waals surface area contributed by atoms with Crippen molar-refractivity contribution in [2.24, 2.45) is 0 Å². The molecule has 0 aliphatic carbocycles. The molecule has 1 N–H and O–H groups in total. The van der Waals surface area contributed by atoms with Crippen LogP contribution in [0.15, 0.2) is 17.5 Å². The molecule has 0 bridgehead atoms. The summed E-state index contributed by atoms with van der Waals surface area (Å²) in [5.74, 6) is -0.355. The zero-order valence-corrected chi connectivity index (χ0v) is 8.10. The van der Waals surface area contributed by atoms with Gasteiger partial charge in [-0.2, -0.15) is 5.48 Å². The first-order valence-corrected chi connectivity index (χ1v) is 4.69. The van der Waals surface area contributed by atoms with E-state index in [0.29, 0.717) is 18.0 Å². The SMILES string of the molecule is COCCNOC(=O)c1cccs1. The fourth-order valence-corrected chi connectivity index (χ4v) is 1.30. The lowest BCUT2D eigenvalue weighted by Crippen LogP contribution is -2.23. The monoisotopic (exact) mass is 201 g/mol.